The summed E-state index contributed by atoms with van der Waals surface area (Å²) in [5.74, 6) is 0.839. The van der Waals surface area contributed by atoms with Crippen LogP contribution in [0, 0.1) is 0 Å². The average molecular weight is 328 g/mol. The van der Waals surface area contributed by atoms with E-state index in [1.807, 2.05) is 18.2 Å². The third-order valence-electron chi connectivity index (χ3n) is 2.48. The summed E-state index contributed by atoms with van der Waals surface area (Å²) >= 11 is 9.50. The SMILES string of the molecule is COc1ccc(Br)cc1CNc1cnccc1Cl. The lowest BCUT2D eigenvalue weighted by Crippen LogP contribution is -2.02. The van der Waals surface area contributed by atoms with Gasteiger partial charge in [0.2, 0.25) is 0 Å². The van der Waals surface area contributed by atoms with Gasteiger partial charge >= 0.3 is 0 Å². The number of ether oxygens (including phenoxy) is 1. The van der Waals surface area contributed by atoms with Gasteiger partial charge < -0.3 is 10.1 Å². The first-order valence-electron chi connectivity index (χ1n) is 5.36. The van der Waals surface area contributed by atoms with Crippen LogP contribution in [-0.2, 0) is 6.54 Å². The lowest BCUT2D eigenvalue weighted by Gasteiger charge is -2.11. The predicted octanol–water partition coefficient (Wildman–Crippen LogP) is 4.12. The molecule has 1 aromatic carbocycles. The summed E-state index contributed by atoms with van der Waals surface area (Å²) in [6.07, 6.45) is 3.36. The Hall–Kier alpha value is -1.26. The molecule has 1 N–H and O–H groups in total. The largest absolute Gasteiger partial charge is 0.496 e. The zero-order chi connectivity index (χ0) is 13.0. The minimum absolute atomic E-state index is 0.619. The molecular formula is C13H12BrClN2O. The second-order valence-electron chi connectivity index (χ2n) is 3.67. The molecule has 0 spiro atoms. The molecule has 0 radical (unpaired) electrons. The van der Waals surface area contributed by atoms with Crippen LogP contribution in [0.15, 0.2) is 41.1 Å². The molecule has 2 rings (SSSR count). The maximum absolute atomic E-state index is 6.05. The molecule has 0 saturated heterocycles. The van der Waals surface area contributed by atoms with Crippen LogP contribution >= 0.6 is 27.5 Å². The molecule has 1 heterocycles. The lowest BCUT2D eigenvalue weighted by molar-refractivity contribution is 0.410. The van der Waals surface area contributed by atoms with Gasteiger partial charge in [0, 0.05) is 22.8 Å². The van der Waals surface area contributed by atoms with Gasteiger partial charge in [-0.15, -0.1) is 0 Å². The molecule has 0 aliphatic carbocycles. The van der Waals surface area contributed by atoms with Crippen molar-refractivity contribution in [3.05, 3.63) is 51.7 Å². The summed E-state index contributed by atoms with van der Waals surface area (Å²) in [6.45, 7) is 0.619. The predicted molar refractivity (Wildman–Crippen MR) is 77.3 cm³/mol. The van der Waals surface area contributed by atoms with E-state index in [9.17, 15) is 0 Å². The average Bonchev–Trinajstić information content (AvgIpc) is 2.38. The van der Waals surface area contributed by atoms with Gasteiger partial charge in [-0.05, 0) is 24.3 Å². The van der Waals surface area contributed by atoms with E-state index in [2.05, 4.69) is 26.2 Å². The first-order valence-corrected chi connectivity index (χ1v) is 6.53. The summed E-state index contributed by atoms with van der Waals surface area (Å²) in [5.41, 5.74) is 1.85. The Morgan fingerprint density at radius 1 is 1.39 bits per heavy atom. The number of halogens is 2. The maximum atomic E-state index is 6.05. The first kappa shape index (κ1) is 13.2. The molecule has 2 aromatic rings. The molecule has 18 heavy (non-hydrogen) atoms. The summed E-state index contributed by atoms with van der Waals surface area (Å²) in [7, 11) is 1.66. The zero-order valence-electron chi connectivity index (χ0n) is 9.78. The van der Waals surface area contributed by atoms with Crippen LogP contribution in [0.25, 0.3) is 0 Å². The van der Waals surface area contributed by atoms with Gasteiger partial charge in [-0.2, -0.15) is 0 Å². The van der Waals surface area contributed by atoms with Crippen LogP contribution in [0.1, 0.15) is 5.56 Å². The van der Waals surface area contributed by atoms with Crippen LogP contribution in [0.2, 0.25) is 5.02 Å². The van der Waals surface area contributed by atoms with Crippen molar-refractivity contribution in [1.82, 2.24) is 4.98 Å². The third kappa shape index (κ3) is 3.15. The van der Waals surface area contributed by atoms with Gasteiger partial charge in [-0.1, -0.05) is 27.5 Å². The van der Waals surface area contributed by atoms with Crippen molar-refractivity contribution in [1.29, 1.82) is 0 Å². The highest BCUT2D eigenvalue weighted by molar-refractivity contribution is 9.10. The standard InChI is InChI=1S/C13H12BrClN2O/c1-18-13-3-2-10(14)6-9(13)7-17-12-8-16-5-4-11(12)15/h2-6,8,17H,7H2,1H3. The highest BCUT2D eigenvalue weighted by Crippen LogP contribution is 2.25. The number of benzene rings is 1. The van der Waals surface area contributed by atoms with Gasteiger partial charge in [0.05, 0.1) is 24.0 Å². The Balaban J connectivity index is 2.15. The van der Waals surface area contributed by atoms with E-state index in [-0.39, 0.29) is 0 Å². The Bertz CT molecular complexity index is 548. The van der Waals surface area contributed by atoms with Crippen LogP contribution in [0.3, 0.4) is 0 Å². The summed E-state index contributed by atoms with van der Waals surface area (Å²) < 4.78 is 6.32. The fourth-order valence-electron chi connectivity index (χ4n) is 1.58. The second kappa shape index (κ2) is 6.07. The lowest BCUT2D eigenvalue weighted by atomic mass is 10.2. The van der Waals surface area contributed by atoms with E-state index in [1.54, 1.807) is 25.6 Å². The smallest absolute Gasteiger partial charge is 0.123 e. The van der Waals surface area contributed by atoms with Gasteiger partial charge in [-0.25, -0.2) is 0 Å². The number of nitrogens with zero attached hydrogens (tertiary/aromatic N) is 1. The van der Waals surface area contributed by atoms with Crippen LogP contribution in [0.5, 0.6) is 5.75 Å². The van der Waals surface area contributed by atoms with E-state index < -0.39 is 0 Å². The van der Waals surface area contributed by atoms with Crippen LogP contribution in [0.4, 0.5) is 5.69 Å². The van der Waals surface area contributed by atoms with Crippen molar-refractivity contribution in [2.75, 3.05) is 12.4 Å². The summed E-state index contributed by atoms with van der Waals surface area (Å²) in [6, 6.07) is 7.63. The molecule has 0 aliphatic rings. The number of pyridine rings is 1. The van der Waals surface area contributed by atoms with E-state index in [0.717, 1.165) is 21.5 Å². The van der Waals surface area contributed by atoms with Crippen LogP contribution in [-0.4, -0.2) is 12.1 Å². The summed E-state index contributed by atoms with van der Waals surface area (Å²) in [5, 5.41) is 3.89. The number of methoxy groups -OCH3 is 1. The maximum Gasteiger partial charge on any atom is 0.123 e. The van der Waals surface area contributed by atoms with Crippen molar-refractivity contribution < 1.29 is 4.74 Å². The quantitative estimate of drug-likeness (QED) is 0.917. The second-order valence-corrected chi connectivity index (χ2v) is 4.99. The van der Waals surface area contributed by atoms with E-state index >= 15 is 0 Å². The van der Waals surface area contributed by atoms with Gasteiger partial charge in [0.15, 0.2) is 0 Å². The number of rotatable bonds is 4. The van der Waals surface area contributed by atoms with Crippen molar-refractivity contribution in [2.45, 2.75) is 6.54 Å². The van der Waals surface area contributed by atoms with E-state index in [4.69, 9.17) is 16.3 Å². The molecule has 0 fully saturated rings. The molecule has 0 amide bonds. The highest BCUT2D eigenvalue weighted by Gasteiger charge is 2.05. The van der Waals surface area contributed by atoms with Crippen molar-refractivity contribution in [3.8, 4) is 5.75 Å². The molecule has 0 bridgehead atoms. The topological polar surface area (TPSA) is 34.1 Å². The number of hydrogen-bond acceptors (Lipinski definition) is 3. The van der Waals surface area contributed by atoms with Crippen molar-refractivity contribution >= 4 is 33.2 Å². The number of nitrogens with one attached hydrogen (secondary N) is 1. The van der Waals surface area contributed by atoms with E-state index in [1.165, 1.54) is 0 Å². The minimum Gasteiger partial charge on any atom is -0.496 e. The molecule has 3 nitrogen and oxygen atoms in total. The molecule has 94 valence electrons. The van der Waals surface area contributed by atoms with Gasteiger partial charge in [0.25, 0.3) is 0 Å². The molecule has 0 atom stereocenters. The molecule has 0 unspecified atom stereocenters. The Labute approximate surface area is 119 Å². The third-order valence-corrected chi connectivity index (χ3v) is 3.30. The fourth-order valence-corrected chi connectivity index (χ4v) is 2.16. The Kier molecular flexibility index (Phi) is 4.44. The van der Waals surface area contributed by atoms with Gasteiger partial charge in [0.1, 0.15) is 5.75 Å². The molecule has 5 heteroatoms. The molecule has 0 saturated carbocycles. The molecular weight excluding hydrogens is 316 g/mol. The number of aromatic nitrogens is 1. The molecule has 0 aliphatic heterocycles. The minimum atomic E-state index is 0.619. The first-order chi connectivity index (χ1) is 8.70. The Morgan fingerprint density at radius 3 is 2.94 bits per heavy atom. The number of anilines is 1. The monoisotopic (exact) mass is 326 g/mol. The fraction of sp³-hybridized carbons (Fsp3) is 0.154. The highest BCUT2D eigenvalue weighted by atomic mass is 79.9. The van der Waals surface area contributed by atoms with Crippen LogP contribution < -0.4 is 10.1 Å². The Morgan fingerprint density at radius 2 is 2.22 bits per heavy atom. The molecule has 1 aromatic heterocycles. The van der Waals surface area contributed by atoms with E-state index in [0.29, 0.717) is 11.6 Å². The normalized spacial score (nSPS) is 10.2. The van der Waals surface area contributed by atoms with Crippen molar-refractivity contribution in [3.63, 3.8) is 0 Å². The summed E-state index contributed by atoms with van der Waals surface area (Å²) in [4.78, 5) is 4.03. The number of hydrogen-bond donors (Lipinski definition) is 1. The van der Waals surface area contributed by atoms with Crippen molar-refractivity contribution in [2.24, 2.45) is 0 Å². The zero-order valence-corrected chi connectivity index (χ0v) is 12.1. The van der Waals surface area contributed by atoms with Gasteiger partial charge in [-0.3, -0.25) is 4.98 Å².